The van der Waals surface area contributed by atoms with E-state index < -0.39 is 3.79 Å². The summed E-state index contributed by atoms with van der Waals surface area (Å²) in [4.78, 5) is 4.76. The molecule has 114 valence electrons. The fourth-order valence-electron chi connectivity index (χ4n) is 2.49. The van der Waals surface area contributed by atoms with Crippen molar-refractivity contribution in [3.63, 3.8) is 0 Å². The number of benzene rings is 1. The zero-order chi connectivity index (χ0) is 16.0. The summed E-state index contributed by atoms with van der Waals surface area (Å²) in [5, 5.41) is 0. The first-order chi connectivity index (χ1) is 9.49. The molecule has 5 heteroatoms. The molecule has 0 saturated carbocycles. The molecule has 0 radical (unpaired) electrons. The number of halogens is 3. The predicted octanol–water partition coefficient (Wildman–Crippen LogP) is 4.64. The van der Waals surface area contributed by atoms with Crippen LogP contribution in [0.4, 0.5) is 0 Å². The van der Waals surface area contributed by atoms with Crippen LogP contribution in [-0.4, -0.2) is 15.0 Å². The molecule has 0 saturated heterocycles. The molecule has 1 aromatic carbocycles. The smallest absolute Gasteiger partial charge is 0.229 e. The lowest BCUT2D eigenvalue weighted by molar-refractivity contribution is 0.513. The third-order valence-corrected chi connectivity index (χ3v) is 4.32. The fraction of sp³-hybridized carbons (Fsp3) is 0.438. The van der Waals surface area contributed by atoms with Gasteiger partial charge in [-0.1, -0.05) is 40.9 Å². The molecule has 2 N–H and O–H groups in total. The Hall–Kier alpha value is -0.700. The molecule has 1 aromatic rings. The van der Waals surface area contributed by atoms with Gasteiger partial charge in [-0.3, -0.25) is 4.99 Å². The Balaban J connectivity index is 2.60. The van der Waals surface area contributed by atoms with E-state index in [4.69, 9.17) is 45.5 Å². The minimum absolute atomic E-state index is 0.174. The van der Waals surface area contributed by atoms with Crippen molar-refractivity contribution in [2.75, 3.05) is 0 Å². The Morgan fingerprint density at radius 2 is 1.81 bits per heavy atom. The third-order valence-electron chi connectivity index (χ3n) is 3.66. The SMILES string of the molecule is Cc1cc2c(cc1C)C(/C=C(\N)C(Cl)(Cl)Cl)=NC(C)(C)C2. The van der Waals surface area contributed by atoms with E-state index in [1.165, 1.54) is 16.7 Å². The Morgan fingerprint density at radius 3 is 2.38 bits per heavy atom. The summed E-state index contributed by atoms with van der Waals surface area (Å²) in [6.45, 7) is 8.36. The molecule has 0 atom stereocenters. The predicted molar refractivity (Wildman–Crippen MR) is 92.8 cm³/mol. The van der Waals surface area contributed by atoms with Gasteiger partial charge in [0.1, 0.15) is 0 Å². The molecule has 0 amide bonds. The fourth-order valence-corrected chi connectivity index (χ4v) is 2.66. The van der Waals surface area contributed by atoms with Crippen LogP contribution in [0.5, 0.6) is 0 Å². The topological polar surface area (TPSA) is 38.4 Å². The standard InChI is InChI=1S/C16H19Cl3N2/c1-9-5-11-8-15(3,4)21-13(12(11)6-10(9)2)7-14(20)16(17,18)19/h5-7H,8,20H2,1-4H3/b14-7-. The largest absolute Gasteiger partial charge is 0.398 e. The lowest BCUT2D eigenvalue weighted by Crippen LogP contribution is -2.29. The van der Waals surface area contributed by atoms with Crippen molar-refractivity contribution in [2.45, 2.75) is 43.4 Å². The van der Waals surface area contributed by atoms with Gasteiger partial charge in [0.05, 0.1) is 16.9 Å². The normalized spacial score (nSPS) is 18.2. The van der Waals surface area contributed by atoms with Crippen molar-refractivity contribution in [2.24, 2.45) is 10.7 Å². The van der Waals surface area contributed by atoms with Crippen molar-refractivity contribution < 1.29 is 0 Å². The maximum Gasteiger partial charge on any atom is 0.229 e. The summed E-state index contributed by atoms with van der Waals surface area (Å²) in [6.07, 6.45) is 2.55. The highest BCUT2D eigenvalue weighted by Gasteiger charge is 2.29. The van der Waals surface area contributed by atoms with Crippen LogP contribution in [0.15, 0.2) is 28.9 Å². The zero-order valence-corrected chi connectivity index (χ0v) is 14.9. The second kappa shape index (κ2) is 5.49. The van der Waals surface area contributed by atoms with Crippen LogP contribution in [0.25, 0.3) is 0 Å². The molecule has 2 nitrogen and oxygen atoms in total. The molecule has 0 fully saturated rings. The molecular formula is C16H19Cl3N2. The highest BCUT2D eigenvalue weighted by atomic mass is 35.6. The molecule has 0 bridgehead atoms. The van der Waals surface area contributed by atoms with Crippen LogP contribution in [0, 0.1) is 13.8 Å². The lowest BCUT2D eigenvalue weighted by atomic mass is 9.84. The number of nitrogens with zero attached hydrogens (tertiary/aromatic N) is 1. The van der Waals surface area contributed by atoms with E-state index in [-0.39, 0.29) is 11.2 Å². The van der Waals surface area contributed by atoms with Crippen molar-refractivity contribution >= 4 is 40.5 Å². The second-order valence-electron chi connectivity index (χ2n) is 6.18. The number of hydrogen-bond donors (Lipinski definition) is 1. The molecule has 1 aliphatic rings. The van der Waals surface area contributed by atoms with E-state index in [9.17, 15) is 0 Å². The van der Waals surface area contributed by atoms with E-state index >= 15 is 0 Å². The minimum Gasteiger partial charge on any atom is -0.398 e. The average molecular weight is 346 g/mol. The summed E-state index contributed by atoms with van der Waals surface area (Å²) in [6, 6.07) is 4.33. The number of rotatable bonds is 1. The zero-order valence-electron chi connectivity index (χ0n) is 12.6. The van der Waals surface area contributed by atoms with E-state index in [0.717, 1.165) is 17.7 Å². The van der Waals surface area contributed by atoms with Gasteiger partial charge in [0.25, 0.3) is 0 Å². The van der Waals surface area contributed by atoms with Crippen LogP contribution in [0.3, 0.4) is 0 Å². The molecule has 21 heavy (non-hydrogen) atoms. The Morgan fingerprint density at radius 1 is 1.24 bits per heavy atom. The minimum atomic E-state index is -1.62. The summed E-state index contributed by atoms with van der Waals surface area (Å²) in [7, 11) is 0. The summed E-state index contributed by atoms with van der Waals surface area (Å²) in [5.41, 5.74) is 11.4. The van der Waals surface area contributed by atoms with E-state index in [2.05, 4.69) is 39.8 Å². The molecule has 2 rings (SSSR count). The summed E-state index contributed by atoms with van der Waals surface area (Å²) in [5.74, 6) is 0. The second-order valence-corrected chi connectivity index (χ2v) is 8.46. The Kier molecular flexibility index (Phi) is 4.36. The van der Waals surface area contributed by atoms with Gasteiger partial charge >= 0.3 is 0 Å². The van der Waals surface area contributed by atoms with Gasteiger partial charge in [0, 0.05) is 5.56 Å². The lowest BCUT2D eigenvalue weighted by Gasteiger charge is -2.29. The van der Waals surface area contributed by atoms with Gasteiger partial charge in [0.2, 0.25) is 3.79 Å². The maximum atomic E-state index is 5.88. The van der Waals surface area contributed by atoms with E-state index in [1.807, 2.05) is 0 Å². The number of allylic oxidation sites excluding steroid dienone is 2. The number of fused-ring (bicyclic) bond motifs is 1. The van der Waals surface area contributed by atoms with Crippen molar-refractivity contribution in [3.05, 3.63) is 46.2 Å². The molecule has 0 spiro atoms. The Bertz CT molecular complexity index is 638. The number of hydrogen-bond acceptors (Lipinski definition) is 2. The first-order valence-corrected chi connectivity index (χ1v) is 7.88. The molecular weight excluding hydrogens is 327 g/mol. The van der Waals surface area contributed by atoms with Crippen molar-refractivity contribution in [3.8, 4) is 0 Å². The number of aliphatic imine (C=N–C) groups is 1. The van der Waals surface area contributed by atoms with Crippen molar-refractivity contribution in [1.82, 2.24) is 0 Å². The van der Waals surface area contributed by atoms with Crippen LogP contribution >= 0.6 is 34.8 Å². The van der Waals surface area contributed by atoms with Crippen LogP contribution in [0.2, 0.25) is 0 Å². The first kappa shape index (κ1) is 16.7. The van der Waals surface area contributed by atoms with Gasteiger partial charge in [-0.05, 0) is 62.9 Å². The highest BCUT2D eigenvalue weighted by molar-refractivity contribution is 6.69. The highest BCUT2D eigenvalue weighted by Crippen LogP contribution is 2.34. The maximum absolute atomic E-state index is 5.88. The average Bonchev–Trinajstić information content (AvgIpc) is 2.29. The molecule has 0 aromatic heterocycles. The Labute approximate surface area is 141 Å². The first-order valence-electron chi connectivity index (χ1n) is 6.74. The van der Waals surface area contributed by atoms with Gasteiger partial charge in [-0.2, -0.15) is 0 Å². The summed E-state index contributed by atoms with van der Waals surface area (Å²) >= 11 is 17.5. The van der Waals surface area contributed by atoms with Gasteiger partial charge < -0.3 is 5.73 Å². The quantitative estimate of drug-likeness (QED) is 0.740. The molecule has 1 aliphatic heterocycles. The van der Waals surface area contributed by atoms with Crippen LogP contribution in [-0.2, 0) is 6.42 Å². The molecule has 0 aliphatic carbocycles. The van der Waals surface area contributed by atoms with Gasteiger partial charge in [0.15, 0.2) is 0 Å². The van der Waals surface area contributed by atoms with Gasteiger partial charge in [-0.25, -0.2) is 0 Å². The molecule has 0 unspecified atom stereocenters. The van der Waals surface area contributed by atoms with Crippen LogP contribution in [0.1, 0.15) is 36.1 Å². The monoisotopic (exact) mass is 344 g/mol. The van der Waals surface area contributed by atoms with Crippen molar-refractivity contribution in [1.29, 1.82) is 0 Å². The van der Waals surface area contributed by atoms with E-state index in [1.54, 1.807) is 6.08 Å². The third kappa shape index (κ3) is 3.74. The number of aryl methyl sites for hydroxylation is 2. The van der Waals surface area contributed by atoms with Gasteiger partial charge in [-0.15, -0.1) is 0 Å². The number of alkyl halides is 3. The number of nitrogens with two attached hydrogens (primary N) is 1. The summed E-state index contributed by atoms with van der Waals surface area (Å²) < 4.78 is -1.62. The van der Waals surface area contributed by atoms with E-state index in [0.29, 0.717) is 0 Å². The van der Waals surface area contributed by atoms with Crippen LogP contribution < -0.4 is 5.73 Å². The molecule has 1 heterocycles.